The molecule has 1 fully saturated rings. The first-order valence-electron chi connectivity index (χ1n) is 6.63. The van der Waals surface area contributed by atoms with Crippen LogP contribution in [0.2, 0.25) is 0 Å². The van der Waals surface area contributed by atoms with Gasteiger partial charge in [0.1, 0.15) is 0 Å². The smallest absolute Gasteiger partial charge is 0.0334 e. The zero-order valence-electron chi connectivity index (χ0n) is 10.8. The Morgan fingerprint density at radius 3 is 2.60 bits per heavy atom. The molecule has 0 spiro atoms. The average Bonchev–Trinajstić information content (AvgIpc) is 2.25. The standard InChI is InChI=1S/C13H28N2/c1-4-9-15(5-2)13(11-14)8-6-7-12(3)10-13/h12H,4-11,14H2,1-3H3. The van der Waals surface area contributed by atoms with Crippen molar-refractivity contribution in [3.8, 4) is 0 Å². The molecule has 2 nitrogen and oxygen atoms in total. The van der Waals surface area contributed by atoms with Gasteiger partial charge in [-0.2, -0.15) is 0 Å². The predicted molar refractivity (Wildman–Crippen MR) is 67.0 cm³/mol. The lowest BCUT2D eigenvalue weighted by Crippen LogP contribution is -2.56. The fourth-order valence-electron chi connectivity index (χ4n) is 3.23. The third-order valence-corrected chi connectivity index (χ3v) is 3.99. The molecule has 1 aliphatic rings. The largest absolute Gasteiger partial charge is 0.329 e. The summed E-state index contributed by atoms with van der Waals surface area (Å²) in [5, 5.41) is 0. The topological polar surface area (TPSA) is 29.3 Å². The van der Waals surface area contributed by atoms with Crippen molar-refractivity contribution >= 4 is 0 Å². The first-order chi connectivity index (χ1) is 7.18. The molecule has 2 unspecified atom stereocenters. The SMILES string of the molecule is CCCN(CC)C1(CN)CCCC(C)C1. The van der Waals surface area contributed by atoms with Crippen molar-refractivity contribution in [3.63, 3.8) is 0 Å². The second-order valence-corrected chi connectivity index (χ2v) is 5.21. The molecule has 2 atom stereocenters. The quantitative estimate of drug-likeness (QED) is 0.759. The number of rotatable bonds is 5. The molecule has 0 heterocycles. The number of hydrogen-bond donors (Lipinski definition) is 1. The molecule has 0 aromatic carbocycles. The van der Waals surface area contributed by atoms with Crippen LogP contribution in [0, 0.1) is 5.92 Å². The minimum atomic E-state index is 0.322. The molecule has 15 heavy (non-hydrogen) atoms. The number of nitrogens with zero attached hydrogens (tertiary/aromatic N) is 1. The van der Waals surface area contributed by atoms with Gasteiger partial charge in [-0.25, -0.2) is 0 Å². The first-order valence-corrected chi connectivity index (χ1v) is 6.63. The zero-order chi connectivity index (χ0) is 11.3. The molecule has 1 rings (SSSR count). The van der Waals surface area contributed by atoms with E-state index in [0.717, 1.165) is 19.0 Å². The van der Waals surface area contributed by atoms with Crippen LogP contribution in [0.25, 0.3) is 0 Å². The Labute approximate surface area is 95.2 Å². The second kappa shape index (κ2) is 5.86. The first kappa shape index (κ1) is 13.0. The van der Waals surface area contributed by atoms with E-state index in [1.165, 1.54) is 38.6 Å². The van der Waals surface area contributed by atoms with Crippen LogP contribution in [-0.2, 0) is 0 Å². The summed E-state index contributed by atoms with van der Waals surface area (Å²) in [6, 6.07) is 0. The van der Waals surface area contributed by atoms with Crippen molar-refractivity contribution in [2.24, 2.45) is 11.7 Å². The molecule has 1 aliphatic carbocycles. The molecule has 2 N–H and O–H groups in total. The Morgan fingerprint density at radius 1 is 1.40 bits per heavy atom. The molecule has 90 valence electrons. The van der Waals surface area contributed by atoms with Gasteiger partial charge < -0.3 is 5.73 Å². The molecule has 2 heteroatoms. The van der Waals surface area contributed by atoms with Gasteiger partial charge in [0.25, 0.3) is 0 Å². The Balaban J connectivity index is 2.71. The van der Waals surface area contributed by atoms with E-state index in [9.17, 15) is 0 Å². The molecule has 0 bridgehead atoms. The summed E-state index contributed by atoms with van der Waals surface area (Å²) in [7, 11) is 0. The fourth-order valence-corrected chi connectivity index (χ4v) is 3.23. The Morgan fingerprint density at radius 2 is 2.13 bits per heavy atom. The van der Waals surface area contributed by atoms with E-state index >= 15 is 0 Å². The van der Waals surface area contributed by atoms with Crippen molar-refractivity contribution in [2.75, 3.05) is 19.6 Å². The third-order valence-electron chi connectivity index (χ3n) is 3.99. The summed E-state index contributed by atoms with van der Waals surface area (Å²) in [5.41, 5.74) is 6.39. The lowest BCUT2D eigenvalue weighted by atomic mass is 9.75. The summed E-state index contributed by atoms with van der Waals surface area (Å²) in [5.74, 6) is 0.855. The fraction of sp³-hybridized carbons (Fsp3) is 1.00. The normalized spacial score (nSPS) is 32.2. The Hall–Kier alpha value is -0.0800. The molecule has 0 saturated heterocycles. The van der Waals surface area contributed by atoms with Gasteiger partial charge in [-0.3, -0.25) is 4.90 Å². The van der Waals surface area contributed by atoms with Gasteiger partial charge in [0.05, 0.1) is 0 Å². The van der Waals surface area contributed by atoms with Gasteiger partial charge in [0, 0.05) is 12.1 Å². The minimum Gasteiger partial charge on any atom is -0.329 e. The van der Waals surface area contributed by atoms with E-state index in [2.05, 4.69) is 25.7 Å². The van der Waals surface area contributed by atoms with E-state index < -0.39 is 0 Å². The van der Waals surface area contributed by atoms with E-state index in [4.69, 9.17) is 5.73 Å². The van der Waals surface area contributed by atoms with E-state index in [1.807, 2.05) is 0 Å². The maximum absolute atomic E-state index is 6.07. The van der Waals surface area contributed by atoms with E-state index in [0.29, 0.717) is 5.54 Å². The molecular formula is C13H28N2. The number of nitrogens with two attached hydrogens (primary N) is 1. The highest BCUT2D eigenvalue weighted by molar-refractivity contribution is 4.95. The van der Waals surface area contributed by atoms with Gasteiger partial charge in [-0.15, -0.1) is 0 Å². The van der Waals surface area contributed by atoms with E-state index in [-0.39, 0.29) is 0 Å². The Kier molecular flexibility index (Phi) is 5.07. The van der Waals surface area contributed by atoms with Crippen LogP contribution < -0.4 is 5.73 Å². The molecular weight excluding hydrogens is 184 g/mol. The summed E-state index contributed by atoms with van der Waals surface area (Å²) in [4.78, 5) is 2.63. The molecule has 1 saturated carbocycles. The molecule has 0 aliphatic heterocycles. The van der Waals surface area contributed by atoms with Crippen LogP contribution in [0.4, 0.5) is 0 Å². The summed E-state index contributed by atoms with van der Waals surface area (Å²) in [6.45, 7) is 10.1. The zero-order valence-corrected chi connectivity index (χ0v) is 10.8. The summed E-state index contributed by atoms with van der Waals surface area (Å²) in [6.07, 6.45) is 6.60. The maximum Gasteiger partial charge on any atom is 0.0334 e. The summed E-state index contributed by atoms with van der Waals surface area (Å²) < 4.78 is 0. The third kappa shape index (κ3) is 2.94. The predicted octanol–water partition coefficient (Wildman–Crippen LogP) is 2.63. The van der Waals surface area contributed by atoms with Crippen molar-refractivity contribution in [3.05, 3.63) is 0 Å². The van der Waals surface area contributed by atoms with Gasteiger partial charge in [0.15, 0.2) is 0 Å². The van der Waals surface area contributed by atoms with Crippen molar-refractivity contribution in [1.29, 1.82) is 0 Å². The summed E-state index contributed by atoms with van der Waals surface area (Å²) >= 11 is 0. The number of hydrogen-bond acceptors (Lipinski definition) is 2. The number of likely N-dealkylation sites (N-methyl/N-ethyl adjacent to an activating group) is 1. The average molecular weight is 212 g/mol. The van der Waals surface area contributed by atoms with Gasteiger partial charge >= 0.3 is 0 Å². The van der Waals surface area contributed by atoms with Crippen LogP contribution in [0.5, 0.6) is 0 Å². The minimum absolute atomic E-state index is 0.322. The van der Waals surface area contributed by atoms with Crippen LogP contribution in [0.1, 0.15) is 52.9 Å². The Bertz CT molecular complexity index is 181. The lowest BCUT2D eigenvalue weighted by molar-refractivity contribution is 0.0434. The molecule has 0 amide bonds. The van der Waals surface area contributed by atoms with Gasteiger partial charge in [-0.1, -0.05) is 33.6 Å². The molecule has 0 aromatic heterocycles. The molecule has 0 aromatic rings. The van der Waals surface area contributed by atoms with Crippen LogP contribution in [-0.4, -0.2) is 30.1 Å². The molecule has 0 radical (unpaired) electrons. The highest BCUT2D eigenvalue weighted by Crippen LogP contribution is 2.36. The van der Waals surface area contributed by atoms with Crippen molar-refractivity contribution in [1.82, 2.24) is 4.90 Å². The van der Waals surface area contributed by atoms with E-state index in [1.54, 1.807) is 0 Å². The van der Waals surface area contributed by atoms with Gasteiger partial charge in [-0.05, 0) is 38.3 Å². The highest BCUT2D eigenvalue weighted by atomic mass is 15.2. The maximum atomic E-state index is 6.07. The van der Waals surface area contributed by atoms with Crippen molar-refractivity contribution in [2.45, 2.75) is 58.4 Å². The van der Waals surface area contributed by atoms with Crippen molar-refractivity contribution < 1.29 is 0 Å². The van der Waals surface area contributed by atoms with Crippen LogP contribution >= 0.6 is 0 Å². The monoisotopic (exact) mass is 212 g/mol. The second-order valence-electron chi connectivity index (χ2n) is 5.21. The lowest BCUT2D eigenvalue weighted by Gasteiger charge is -2.47. The highest BCUT2D eigenvalue weighted by Gasteiger charge is 2.37. The van der Waals surface area contributed by atoms with Crippen LogP contribution in [0.3, 0.4) is 0 Å². The van der Waals surface area contributed by atoms with Gasteiger partial charge in [0.2, 0.25) is 0 Å². The van der Waals surface area contributed by atoms with Crippen LogP contribution in [0.15, 0.2) is 0 Å².